The van der Waals surface area contributed by atoms with Gasteiger partial charge in [0.2, 0.25) is 0 Å². The Balaban J connectivity index is 2.13. The minimum absolute atomic E-state index is 0.0864. The van der Waals surface area contributed by atoms with Crippen molar-refractivity contribution in [2.75, 3.05) is 5.32 Å². The van der Waals surface area contributed by atoms with Crippen molar-refractivity contribution < 1.29 is 9.90 Å². The molecule has 0 amide bonds. The number of anilines is 1. The summed E-state index contributed by atoms with van der Waals surface area (Å²) in [5.41, 5.74) is 1.01. The van der Waals surface area contributed by atoms with E-state index < -0.39 is 11.9 Å². The van der Waals surface area contributed by atoms with Gasteiger partial charge in [0.05, 0.1) is 22.2 Å². The predicted octanol–water partition coefficient (Wildman–Crippen LogP) is 2.65. The van der Waals surface area contributed by atoms with Gasteiger partial charge in [-0.3, -0.25) is 4.79 Å². The van der Waals surface area contributed by atoms with E-state index in [1.807, 2.05) is 6.07 Å². The maximum atomic E-state index is 10.8. The van der Waals surface area contributed by atoms with E-state index in [9.17, 15) is 4.79 Å². The molecule has 0 bridgehead atoms. The molecule has 2 N–H and O–H groups in total. The molecular weight excluding hydrogens is 252 g/mol. The van der Waals surface area contributed by atoms with E-state index in [0.717, 1.165) is 0 Å². The van der Waals surface area contributed by atoms with Crippen LogP contribution in [-0.4, -0.2) is 17.1 Å². The topological polar surface area (TPSA) is 73.1 Å². The van der Waals surface area contributed by atoms with Crippen LogP contribution in [0.4, 0.5) is 5.69 Å². The fourth-order valence-electron chi connectivity index (χ4n) is 1.95. The largest absolute Gasteiger partial charge is 0.481 e. The molecule has 4 nitrogen and oxygen atoms in total. The molecule has 2 rings (SSSR count). The van der Waals surface area contributed by atoms with E-state index in [1.165, 1.54) is 0 Å². The first-order valence-electron chi connectivity index (χ1n) is 5.48. The summed E-state index contributed by atoms with van der Waals surface area (Å²) in [4.78, 5) is 10.8. The highest BCUT2D eigenvalue weighted by molar-refractivity contribution is 6.32. The summed E-state index contributed by atoms with van der Waals surface area (Å²) in [6.45, 7) is 0. The van der Waals surface area contributed by atoms with Crippen LogP contribution < -0.4 is 5.32 Å². The highest BCUT2D eigenvalue weighted by Gasteiger charge is 2.24. The second-order valence-corrected chi connectivity index (χ2v) is 4.50. The van der Waals surface area contributed by atoms with Gasteiger partial charge in [-0.05, 0) is 18.6 Å². The molecule has 0 aliphatic heterocycles. The van der Waals surface area contributed by atoms with Crippen molar-refractivity contribution in [2.45, 2.75) is 12.5 Å². The third kappa shape index (κ3) is 2.47. The zero-order valence-corrected chi connectivity index (χ0v) is 10.2. The normalized spacial score (nSPS) is 21.6. The average molecular weight is 263 g/mol. The summed E-state index contributed by atoms with van der Waals surface area (Å²) in [6.07, 6.45) is 3.95. The Kier molecular flexibility index (Phi) is 3.54. The third-order valence-corrected chi connectivity index (χ3v) is 3.18. The van der Waals surface area contributed by atoms with Gasteiger partial charge >= 0.3 is 5.97 Å². The van der Waals surface area contributed by atoms with Gasteiger partial charge in [0.15, 0.2) is 0 Å². The van der Waals surface area contributed by atoms with E-state index in [-0.39, 0.29) is 6.04 Å². The molecule has 92 valence electrons. The first kappa shape index (κ1) is 12.5. The van der Waals surface area contributed by atoms with Crippen LogP contribution in [0, 0.1) is 17.2 Å². The molecule has 2 atom stereocenters. The molecule has 2 unspecified atom stereocenters. The monoisotopic (exact) mass is 262 g/mol. The maximum absolute atomic E-state index is 10.8. The number of aliphatic carboxylic acids is 1. The lowest BCUT2D eigenvalue weighted by Gasteiger charge is -2.15. The molecule has 0 fully saturated rings. The average Bonchev–Trinajstić information content (AvgIpc) is 2.78. The van der Waals surface area contributed by atoms with Crippen LogP contribution in [0.1, 0.15) is 12.0 Å². The van der Waals surface area contributed by atoms with Crippen LogP contribution in [0.2, 0.25) is 5.02 Å². The zero-order valence-electron chi connectivity index (χ0n) is 9.43. The van der Waals surface area contributed by atoms with E-state index in [2.05, 4.69) is 5.32 Å². The van der Waals surface area contributed by atoms with Gasteiger partial charge in [0.25, 0.3) is 0 Å². The molecule has 1 aliphatic rings. The van der Waals surface area contributed by atoms with Crippen molar-refractivity contribution in [1.82, 2.24) is 0 Å². The van der Waals surface area contributed by atoms with Gasteiger partial charge in [0, 0.05) is 6.04 Å². The van der Waals surface area contributed by atoms with E-state index in [1.54, 1.807) is 30.4 Å². The molecule has 0 spiro atoms. The molecule has 0 saturated carbocycles. The highest BCUT2D eigenvalue weighted by atomic mass is 35.5. The smallest absolute Gasteiger partial charge is 0.310 e. The second kappa shape index (κ2) is 5.11. The van der Waals surface area contributed by atoms with Crippen LogP contribution in [0.15, 0.2) is 30.4 Å². The van der Waals surface area contributed by atoms with Crippen molar-refractivity contribution in [1.29, 1.82) is 5.26 Å². The Hall–Kier alpha value is -1.99. The van der Waals surface area contributed by atoms with Crippen LogP contribution in [0.5, 0.6) is 0 Å². The molecule has 1 aromatic rings. The summed E-state index contributed by atoms with van der Waals surface area (Å²) in [5.74, 6) is -1.30. The SMILES string of the molecule is N#Cc1c(Cl)cccc1NC1C=CC(C(=O)O)C1. The first-order chi connectivity index (χ1) is 8.61. The van der Waals surface area contributed by atoms with Gasteiger partial charge < -0.3 is 10.4 Å². The van der Waals surface area contributed by atoms with Gasteiger partial charge in [-0.15, -0.1) is 0 Å². The Morgan fingerprint density at radius 1 is 1.50 bits per heavy atom. The Labute approximate surface area is 109 Å². The summed E-state index contributed by atoms with van der Waals surface area (Å²) >= 11 is 5.92. The number of hydrogen-bond donors (Lipinski definition) is 2. The number of nitriles is 1. The van der Waals surface area contributed by atoms with Gasteiger partial charge in [-0.25, -0.2) is 0 Å². The molecule has 0 radical (unpaired) electrons. The predicted molar refractivity (Wildman–Crippen MR) is 68.5 cm³/mol. The quantitative estimate of drug-likeness (QED) is 0.822. The molecule has 0 heterocycles. The molecule has 1 aromatic carbocycles. The Morgan fingerprint density at radius 2 is 2.28 bits per heavy atom. The number of rotatable bonds is 3. The fourth-order valence-corrected chi connectivity index (χ4v) is 2.16. The molecule has 18 heavy (non-hydrogen) atoms. The number of benzene rings is 1. The first-order valence-corrected chi connectivity index (χ1v) is 5.86. The summed E-state index contributed by atoms with van der Waals surface area (Å²) in [7, 11) is 0. The minimum atomic E-state index is -0.831. The van der Waals surface area contributed by atoms with Crippen LogP contribution >= 0.6 is 11.6 Å². The molecule has 0 aromatic heterocycles. The van der Waals surface area contributed by atoms with Gasteiger partial charge in [-0.2, -0.15) is 5.26 Å². The maximum Gasteiger partial charge on any atom is 0.310 e. The lowest BCUT2D eigenvalue weighted by atomic mass is 10.1. The molecule has 1 aliphatic carbocycles. The van der Waals surface area contributed by atoms with Crippen LogP contribution in [0.3, 0.4) is 0 Å². The van der Waals surface area contributed by atoms with E-state index >= 15 is 0 Å². The van der Waals surface area contributed by atoms with Gasteiger partial charge in [-0.1, -0.05) is 29.8 Å². The van der Waals surface area contributed by atoms with Crippen molar-refractivity contribution >= 4 is 23.3 Å². The van der Waals surface area contributed by atoms with Crippen LogP contribution in [-0.2, 0) is 4.79 Å². The molecule has 5 heteroatoms. The Morgan fingerprint density at radius 3 is 2.89 bits per heavy atom. The number of halogens is 1. The standard InChI is InChI=1S/C13H11ClN2O2/c14-11-2-1-3-12(10(11)7-15)16-9-5-4-8(6-9)13(17)18/h1-5,8-9,16H,6H2,(H,17,18). The van der Waals surface area contributed by atoms with E-state index in [0.29, 0.717) is 22.7 Å². The van der Waals surface area contributed by atoms with Crippen molar-refractivity contribution in [3.63, 3.8) is 0 Å². The molecular formula is C13H11ClN2O2. The fraction of sp³-hybridized carbons (Fsp3) is 0.231. The summed E-state index contributed by atoms with van der Waals surface area (Å²) in [6, 6.07) is 7.10. The van der Waals surface area contributed by atoms with Crippen molar-refractivity contribution in [3.05, 3.63) is 40.9 Å². The second-order valence-electron chi connectivity index (χ2n) is 4.09. The number of carbonyl (C=O) groups is 1. The lowest BCUT2D eigenvalue weighted by Crippen LogP contribution is -2.19. The number of carboxylic acid groups (broad SMARTS) is 1. The van der Waals surface area contributed by atoms with Crippen LogP contribution in [0.25, 0.3) is 0 Å². The zero-order chi connectivity index (χ0) is 13.1. The van der Waals surface area contributed by atoms with Crippen molar-refractivity contribution in [2.24, 2.45) is 5.92 Å². The minimum Gasteiger partial charge on any atom is -0.481 e. The third-order valence-electron chi connectivity index (χ3n) is 2.87. The number of nitrogens with zero attached hydrogens (tertiary/aromatic N) is 1. The van der Waals surface area contributed by atoms with Gasteiger partial charge in [0.1, 0.15) is 6.07 Å². The number of nitrogens with one attached hydrogen (secondary N) is 1. The highest BCUT2D eigenvalue weighted by Crippen LogP contribution is 2.27. The number of carboxylic acids is 1. The van der Waals surface area contributed by atoms with Crippen molar-refractivity contribution in [3.8, 4) is 6.07 Å². The Bertz CT molecular complexity index is 548. The summed E-state index contributed by atoms with van der Waals surface area (Å²) < 4.78 is 0. The summed E-state index contributed by atoms with van der Waals surface area (Å²) in [5, 5.41) is 21.4. The number of hydrogen-bond acceptors (Lipinski definition) is 3. The molecule has 0 saturated heterocycles. The lowest BCUT2D eigenvalue weighted by molar-refractivity contribution is -0.140. The van der Waals surface area contributed by atoms with E-state index in [4.69, 9.17) is 22.0 Å².